The number of rotatable bonds is 1. The first-order valence-corrected chi connectivity index (χ1v) is 4.84. The van der Waals surface area contributed by atoms with E-state index in [0.29, 0.717) is 17.8 Å². The van der Waals surface area contributed by atoms with Gasteiger partial charge in [0.1, 0.15) is 0 Å². The first-order valence-electron chi connectivity index (χ1n) is 4.84. The third-order valence-electron chi connectivity index (χ3n) is 3.55. The summed E-state index contributed by atoms with van der Waals surface area (Å²) in [7, 11) is 0. The van der Waals surface area contributed by atoms with Gasteiger partial charge in [-0.2, -0.15) is 0 Å². The van der Waals surface area contributed by atoms with Crippen molar-refractivity contribution in [1.29, 1.82) is 0 Å². The smallest absolute Gasteiger partial charge is 0.0837 e. The number of hydrogen-bond acceptors (Lipinski definition) is 2. The van der Waals surface area contributed by atoms with Crippen LogP contribution in [-0.2, 0) is 4.74 Å². The summed E-state index contributed by atoms with van der Waals surface area (Å²) < 4.78 is 5.68. The minimum atomic E-state index is 0. The van der Waals surface area contributed by atoms with Crippen LogP contribution >= 0.6 is 0 Å². The van der Waals surface area contributed by atoms with Gasteiger partial charge in [0.25, 0.3) is 0 Å². The summed E-state index contributed by atoms with van der Waals surface area (Å²) >= 11 is 0. The van der Waals surface area contributed by atoms with E-state index in [1.165, 1.54) is 0 Å². The maximum Gasteiger partial charge on any atom is 0.0837 e. The van der Waals surface area contributed by atoms with E-state index in [0.717, 1.165) is 0 Å². The molecule has 1 fully saturated rings. The summed E-state index contributed by atoms with van der Waals surface area (Å²) in [4.78, 5) is 0. The van der Waals surface area contributed by atoms with Gasteiger partial charge in [0.05, 0.1) is 18.8 Å². The molecule has 5 atom stereocenters. The topological polar surface area (TPSA) is 29.5 Å². The minimum Gasteiger partial charge on any atom is -0.394 e. The van der Waals surface area contributed by atoms with Crippen molar-refractivity contribution in [2.45, 2.75) is 39.9 Å². The number of aliphatic hydroxyl groups is 1. The predicted octanol–water partition coefficient (Wildman–Crippen LogP) is 1.67. The Morgan fingerprint density at radius 1 is 1.00 bits per heavy atom. The second-order valence-corrected chi connectivity index (χ2v) is 4.14. The maximum absolute atomic E-state index is 9.06. The van der Waals surface area contributed by atoms with Crippen LogP contribution in [0.2, 0.25) is 0 Å². The fourth-order valence-corrected chi connectivity index (χ4v) is 1.98. The zero-order chi connectivity index (χ0) is 9.30. The van der Waals surface area contributed by atoms with Crippen LogP contribution in [0.4, 0.5) is 0 Å². The van der Waals surface area contributed by atoms with E-state index < -0.39 is 0 Å². The molecule has 3 heteroatoms. The van der Waals surface area contributed by atoms with Crippen molar-refractivity contribution in [1.82, 2.24) is 0 Å². The van der Waals surface area contributed by atoms with E-state index in [4.69, 9.17) is 9.84 Å². The molecule has 0 amide bonds. The quantitative estimate of drug-likeness (QED) is 0.727. The van der Waals surface area contributed by atoms with Crippen LogP contribution in [0.5, 0.6) is 0 Å². The van der Waals surface area contributed by atoms with Crippen LogP contribution < -0.4 is 0 Å². The SMILES string of the molecule is CC1[C@H](C)OC(CO)[C@H](C)[C@@H]1C.[Ac]. The number of aliphatic hydroxyl groups excluding tert-OH is 1. The van der Waals surface area contributed by atoms with Gasteiger partial charge >= 0.3 is 0 Å². The number of ether oxygens (including phenoxy) is 1. The molecule has 2 nitrogen and oxygen atoms in total. The zero-order valence-corrected chi connectivity index (χ0v) is 13.8. The summed E-state index contributed by atoms with van der Waals surface area (Å²) in [5, 5.41) is 9.06. The van der Waals surface area contributed by atoms with Crippen molar-refractivity contribution in [2.24, 2.45) is 17.8 Å². The van der Waals surface area contributed by atoms with Gasteiger partial charge in [-0.15, -0.1) is 0 Å². The minimum absolute atomic E-state index is 0. The molecule has 0 saturated carbocycles. The molecule has 1 aliphatic rings. The van der Waals surface area contributed by atoms with E-state index in [9.17, 15) is 0 Å². The van der Waals surface area contributed by atoms with Crippen LogP contribution in [0.25, 0.3) is 0 Å². The molecule has 2 unspecified atom stereocenters. The fraction of sp³-hybridized carbons (Fsp3) is 1.00. The van der Waals surface area contributed by atoms with Crippen LogP contribution in [0.1, 0.15) is 27.7 Å². The third-order valence-corrected chi connectivity index (χ3v) is 3.55. The van der Waals surface area contributed by atoms with Crippen molar-refractivity contribution in [2.75, 3.05) is 6.61 Å². The molecular weight excluding hydrogens is 379 g/mol. The van der Waals surface area contributed by atoms with Gasteiger partial charge in [0.2, 0.25) is 0 Å². The Morgan fingerprint density at radius 3 is 2.00 bits per heavy atom. The van der Waals surface area contributed by atoms with Crippen molar-refractivity contribution in [3.63, 3.8) is 0 Å². The Labute approximate surface area is 117 Å². The molecule has 0 aromatic rings. The first-order chi connectivity index (χ1) is 5.57. The molecule has 1 radical (unpaired) electrons. The Bertz CT molecular complexity index is 147. The first kappa shape index (κ1) is 14.4. The van der Waals surface area contributed by atoms with Gasteiger partial charge in [-0.3, -0.25) is 0 Å². The van der Waals surface area contributed by atoms with Gasteiger partial charge < -0.3 is 9.84 Å². The van der Waals surface area contributed by atoms with E-state index in [1.807, 2.05) is 0 Å². The Kier molecular flexibility index (Phi) is 6.69. The molecule has 0 aromatic heterocycles. The van der Waals surface area contributed by atoms with Gasteiger partial charge in [0.15, 0.2) is 0 Å². The third kappa shape index (κ3) is 3.16. The average Bonchev–Trinajstić information content (AvgIpc) is 2.08. The summed E-state index contributed by atoms with van der Waals surface area (Å²) in [5.74, 6) is 1.72. The maximum atomic E-state index is 9.06. The van der Waals surface area contributed by atoms with Crippen molar-refractivity contribution in [3.05, 3.63) is 0 Å². The fourth-order valence-electron chi connectivity index (χ4n) is 1.98. The molecule has 1 saturated heterocycles. The number of hydrogen-bond donors (Lipinski definition) is 1. The standard InChI is InChI=1S/C10H20O2.Ac/c1-6-7(2)9(4)12-10(5-11)8(6)3;/h6-11H,5H2,1-4H3;/t6-,7?,8-,9+,10?;/m1./s1. The molecule has 75 valence electrons. The molecule has 13 heavy (non-hydrogen) atoms. The summed E-state index contributed by atoms with van der Waals surface area (Å²) in [6, 6.07) is 0. The molecule has 1 N–H and O–H groups in total. The van der Waals surface area contributed by atoms with Gasteiger partial charge in [-0.05, 0) is 24.7 Å². The summed E-state index contributed by atoms with van der Waals surface area (Å²) in [6.45, 7) is 8.88. The zero-order valence-electron chi connectivity index (χ0n) is 9.03. The van der Waals surface area contributed by atoms with Gasteiger partial charge in [-0.25, -0.2) is 0 Å². The summed E-state index contributed by atoms with van der Waals surface area (Å²) in [6.07, 6.45) is 0.333. The molecule has 0 bridgehead atoms. The predicted molar refractivity (Wildman–Crippen MR) is 48.9 cm³/mol. The Morgan fingerprint density at radius 2 is 1.54 bits per heavy atom. The van der Waals surface area contributed by atoms with E-state index in [-0.39, 0.29) is 62.9 Å². The largest absolute Gasteiger partial charge is 0.394 e. The molecule has 0 aromatic carbocycles. The van der Waals surface area contributed by atoms with Gasteiger partial charge in [-0.1, -0.05) is 20.8 Å². The van der Waals surface area contributed by atoms with Crippen LogP contribution in [-0.4, -0.2) is 23.9 Å². The molecule has 0 aliphatic carbocycles. The monoisotopic (exact) mass is 399 g/mol. The molecule has 1 rings (SSSR count). The molecular formula is C10H20AcO2. The summed E-state index contributed by atoms with van der Waals surface area (Å²) in [5.41, 5.74) is 0. The second kappa shape index (κ2) is 6.06. The second-order valence-electron chi connectivity index (χ2n) is 4.14. The van der Waals surface area contributed by atoms with E-state index in [1.54, 1.807) is 0 Å². The average molecular weight is 399 g/mol. The van der Waals surface area contributed by atoms with Crippen molar-refractivity contribution in [3.8, 4) is 0 Å². The van der Waals surface area contributed by atoms with Crippen LogP contribution in [0, 0.1) is 61.8 Å². The normalized spacial score (nSPS) is 45.5. The van der Waals surface area contributed by atoms with Crippen LogP contribution in [0.3, 0.4) is 0 Å². The Hall–Kier alpha value is 1.36. The molecule has 0 spiro atoms. The van der Waals surface area contributed by atoms with E-state index >= 15 is 0 Å². The van der Waals surface area contributed by atoms with Crippen molar-refractivity contribution < 1.29 is 53.9 Å². The van der Waals surface area contributed by atoms with Crippen molar-refractivity contribution >= 4 is 0 Å². The molecule has 1 heterocycles. The van der Waals surface area contributed by atoms with Crippen LogP contribution in [0.15, 0.2) is 0 Å². The van der Waals surface area contributed by atoms with E-state index in [2.05, 4.69) is 27.7 Å². The molecule has 1 aliphatic heterocycles. The van der Waals surface area contributed by atoms with Gasteiger partial charge in [0, 0.05) is 44.1 Å². The Balaban J connectivity index is 0.00000144.